The van der Waals surface area contributed by atoms with Crippen molar-refractivity contribution in [2.24, 2.45) is 17.3 Å². The second kappa shape index (κ2) is 4.86. The van der Waals surface area contributed by atoms with Gasteiger partial charge in [0.05, 0.1) is 5.41 Å². The third-order valence-electron chi connectivity index (χ3n) is 6.28. The van der Waals surface area contributed by atoms with E-state index in [0.717, 1.165) is 58.0 Å². The Balaban J connectivity index is 1.49. The number of nitrogens with zero attached hydrogens (tertiary/aromatic N) is 1. The lowest BCUT2D eigenvalue weighted by atomic mass is 9.49. The van der Waals surface area contributed by atoms with Gasteiger partial charge in [0, 0.05) is 11.4 Å². The number of halogens is 1. The fraction of sp³-hybridized carbons (Fsp3) is 0.941. The van der Waals surface area contributed by atoms with Gasteiger partial charge in [-0.15, -0.1) is 11.6 Å². The van der Waals surface area contributed by atoms with Crippen LogP contribution >= 0.6 is 11.6 Å². The topological polar surface area (TPSA) is 29.5 Å². The van der Waals surface area contributed by atoms with Gasteiger partial charge in [0.1, 0.15) is 6.10 Å². The fourth-order valence-corrected chi connectivity index (χ4v) is 6.57. The Hall–Kier alpha value is -0.280. The van der Waals surface area contributed by atoms with Gasteiger partial charge in [-0.05, 0) is 76.8 Å². The van der Waals surface area contributed by atoms with Crippen LogP contribution in [0, 0.1) is 17.3 Å². The molecule has 0 spiro atoms. The van der Waals surface area contributed by atoms with Crippen molar-refractivity contribution in [3.05, 3.63) is 0 Å². The summed E-state index contributed by atoms with van der Waals surface area (Å²) in [7, 11) is 2.11. The first-order valence-corrected chi connectivity index (χ1v) is 8.93. The van der Waals surface area contributed by atoms with Gasteiger partial charge in [0.15, 0.2) is 0 Å². The molecule has 0 radical (unpaired) electrons. The molecule has 3 atom stereocenters. The van der Waals surface area contributed by atoms with Gasteiger partial charge in [0.25, 0.3) is 0 Å². The van der Waals surface area contributed by atoms with Crippen LogP contribution in [0.5, 0.6) is 0 Å². The van der Waals surface area contributed by atoms with E-state index in [4.69, 9.17) is 16.3 Å². The van der Waals surface area contributed by atoms with Crippen LogP contribution in [0.1, 0.15) is 51.4 Å². The molecule has 5 aliphatic rings. The van der Waals surface area contributed by atoms with E-state index in [1.54, 1.807) is 0 Å². The molecule has 21 heavy (non-hydrogen) atoms. The molecular formula is C17H26ClNO2. The third kappa shape index (κ3) is 2.50. The molecule has 0 N–H and O–H groups in total. The maximum absolute atomic E-state index is 12.9. The van der Waals surface area contributed by atoms with Crippen molar-refractivity contribution >= 4 is 17.6 Å². The lowest BCUT2D eigenvalue weighted by Gasteiger charge is -2.58. The molecule has 4 saturated carbocycles. The van der Waals surface area contributed by atoms with Gasteiger partial charge in [-0.3, -0.25) is 4.79 Å². The smallest absolute Gasteiger partial charge is 0.312 e. The van der Waals surface area contributed by atoms with Crippen molar-refractivity contribution in [3.63, 3.8) is 0 Å². The van der Waals surface area contributed by atoms with E-state index in [2.05, 4.69) is 11.9 Å². The number of carbonyl (C=O) groups is 1. The SMILES string of the molecule is CN1CCCC(OC(=O)C23CC4CC(CC(Cl)(C4)C2)C3)C1. The minimum Gasteiger partial charge on any atom is -0.461 e. The predicted molar refractivity (Wildman–Crippen MR) is 82.3 cm³/mol. The molecule has 4 aliphatic carbocycles. The summed E-state index contributed by atoms with van der Waals surface area (Å²) in [6.45, 7) is 2.01. The monoisotopic (exact) mass is 311 g/mol. The van der Waals surface area contributed by atoms with Gasteiger partial charge in [-0.2, -0.15) is 0 Å². The minimum absolute atomic E-state index is 0.0712. The molecule has 5 rings (SSSR count). The molecule has 4 heteroatoms. The number of alkyl halides is 1. The van der Waals surface area contributed by atoms with Crippen molar-refractivity contribution in [2.75, 3.05) is 20.1 Å². The molecule has 0 aromatic heterocycles. The maximum Gasteiger partial charge on any atom is 0.312 e. The molecule has 0 amide bonds. The van der Waals surface area contributed by atoms with E-state index >= 15 is 0 Å². The Morgan fingerprint density at radius 3 is 2.57 bits per heavy atom. The Morgan fingerprint density at radius 1 is 1.24 bits per heavy atom. The molecule has 0 aromatic carbocycles. The number of likely N-dealkylation sites (tertiary alicyclic amines) is 1. The van der Waals surface area contributed by atoms with Crippen LogP contribution in [0.25, 0.3) is 0 Å². The van der Waals surface area contributed by atoms with Crippen molar-refractivity contribution in [1.82, 2.24) is 4.90 Å². The predicted octanol–water partition coefficient (Wildman–Crippen LogP) is 3.20. The van der Waals surface area contributed by atoms with Gasteiger partial charge >= 0.3 is 5.97 Å². The Bertz CT molecular complexity index is 438. The van der Waals surface area contributed by atoms with Crippen molar-refractivity contribution in [1.29, 1.82) is 0 Å². The van der Waals surface area contributed by atoms with Crippen molar-refractivity contribution in [2.45, 2.75) is 62.3 Å². The zero-order valence-electron chi connectivity index (χ0n) is 12.9. The largest absolute Gasteiger partial charge is 0.461 e. The highest BCUT2D eigenvalue weighted by Gasteiger charge is 2.61. The first-order chi connectivity index (χ1) is 9.96. The zero-order chi connectivity index (χ0) is 14.7. The van der Waals surface area contributed by atoms with Crippen LogP contribution in [-0.2, 0) is 9.53 Å². The number of likely N-dealkylation sites (N-methyl/N-ethyl adjacent to an activating group) is 1. The molecule has 118 valence electrons. The second-order valence-corrected chi connectivity index (χ2v) is 9.13. The average Bonchev–Trinajstić information content (AvgIpc) is 2.35. The Morgan fingerprint density at radius 2 is 1.95 bits per heavy atom. The zero-order valence-corrected chi connectivity index (χ0v) is 13.7. The molecule has 1 saturated heterocycles. The highest BCUT2D eigenvalue weighted by atomic mass is 35.5. The summed E-state index contributed by atoms with van der Waals surface area (Å²) in [4.78, 5) is 15.1. The molecule has 0 aromatic rings. The van der Waals surface area contributed by atoms with Crippen LogP contribution in [0.3, 0.4) is 0 Å². The third-order valence-corrected chi connectivity index (χ3v) is 6.72. The van der Waals surface area contributed by atoms with Crippen LogP contribution < -0.4 is 0 Å². The second-order valence-electron chi connectivity index (χ2n) is 8.32. The number of rotatable bonds is 2. The van der Waals surface area contributed by atoms with Crippen LogP contribution in [0.15, 0.2) is 0 Å². The number of ether oxygens (including phenoxy) is 1. The van der Waals surface area contributed by atoms with Crippen LogP contribution in [-0.4, -0.2) is 42.0 Å². The summed E-state index contributed by atoms with van der Waals surface area (Å²) in [6, 6.07) is 0. The van der Waals surface area contributed by atoms with Crippen molar-refractivity contribution in [3.8, 4) is 0 Å². The first kappa shape index (κ1) is 14.3. The van der Waals surface area contributed by atoms with Gasteiger partial charge in [0.2, 0.25) is 0 Å². The van der Waals surface area contributed by atoms with Crippen LogP contribution in [0.2, 0.25) is 0 Å². The molecule has 4 bridgehead atoms. The number of hydrogen-bond donors (Lipinski definition) is 0. The molecule has 1 aliphatic heterocycles. The Labute approximate surface area is 132 Å². The van der Waals surface area contributed by atoms with E-state index in [1.165, 1.54) is 6.42 Å². The summed E-state index contributed by atoms with van der Waals surface area (Å²) in [6.07, 6.45) is 8.68. The number of carbonyl (C=O) groups excluding carboxylic acids is 1. The van der Waals surface area contributed by atoms with Crippen LogP contribution in [0.4, 0.5) is 0 Å². The van der Waals surface area contributed by atoms with Crippen molar-refractivity contribution < 1.29 is 9.53 Å². The van der Waals surface area contributed by atoms with E-state index in [9.17, 15) is 4.79 Å². The summed E-state index contributed by atoms with van der Waals surface area (Å²) in [5.74, 6) is 1.39. The highest BCUT2D eigenvalue weighted by Crippen LogP contribution is 2.64. The maximum atomic E-state index is 12.9. The summed E-state index contributed by atoms with van der Waals surface area (Å²) >= 11 is 6.81. The fourth-order valence-electron chi connectivity index (χ4n) is 5.88. The summed E-state index contributed by atoms with van der Waals surface area (Å²) < 4.78 is 5.95. The lowest BCUT2D eigenvalue weighted by Crippen LogP contribution is -2.57. The Kier molecular flexibility index (Phi) is 3.31. The lowest BCUT2D eigenvalue weighted by molar-refractivity contribution is -0.177. The average molecular weight is 312 g/mol. The molecule has 1 heterocycles. The van der Waals surface area contributed by atoms with Gasteiger partial charge in [-0.25, -0.2) is 0 Å². The first-order valence-electron chi connectivity index (χ1n) is 8.55. The summed E-state index contributed by atoms with van der Waals surface area (Å²) in [5, 5.41) is 0. The van der Waals surface area contributed by atoms with E-state index in [1.807, 2.05) is 0 Å². The highest BCUT2D eigenvalue weighted by molar-refractivity contribution is 6.24. The number of hydrogen-bond acceptors (Lipinski definition) is 3. The molecule has 3 unspecified atom stereocenters. The number of piperidine rings is 1. The van der Waals surface area contributed by atoms with E-state index in [0.29, 0.717) is 11.8 Å². The quantitative estimate of drug-likeness (QED) is 0.579. The number of esters is 1. The van der Waals surface area contributed by atoms with Gasteiger partial charge in [-0.1, -0.05) is 0 Å². The molecular weight excluding hydrogens is 286 g/mol. The van der Waals surface area contributed by atoms with E-state index < -0.39 is 0 Å². The van der Waals surface area contributed by atoms with E-state index in [-0.39, 0.29) is 22.4 Å². The normalized spacial score (nSPS) is 49.3. The summed E-state index contributed by atoms with van der Waals surface area (Å²) in [5.41, 5.74) is -0.248. The van der Waals surface area contributed by atoms with Gasteiger partial charge < -0.3 is 9.64 Å². The molecule has 5 fully saturated rings. The standard InChI is InChI=1S/C17H26ClNO2/c1-19-4-2-3-14(10-19)21-15(20)16-6-12-5-13(7-16)9-17(18,8-12)11-16/h12-14H,2-11H2,1H3. The minimum atomic E-state index is -0.248. The molecule has 3 nitrogen and oxygen atoms in total.